The van der Waals surface area contributed by atoms with Gasteiger partial charge < -0.3 is 10.1 Å². The van der Waals surface area contributed by atoms with E-state index in [4.69, 9.17) is 4.74 Å². The van der Waals surface area contributed by atoms with Crippen LogP contribution in [0, 0.1) is 0 Å². The van der Waals surface area contributed by atoms with E-state index in [2.05, 4.69) is 39.0 Å². The molecule has 4 heterocycles. The molecule has 1 N–H and O–H groups in total. The minimum Gasteiger partial charge on any atom is -0.371 e. The van der Waals surface area contributed by atoms with Crippen LogP contribution in [0.15, 0.2) is 30.7 Å². The quantitative estimate of drug-likeness (QED) is 0.695. The lowest BCUT2D eigenvalue weighted by molar-refractivity contribution is -0.0323. The summed E-state index contributed by atoms with van der Waals surface area (Å²) in [4.78, 5) is 29.7. The number of hydrogen-bond donors (Lipinski definition) is 1. The summed E-state index contributed by atoms with van der Waals surface area (Å²) in [5.74, 6) is 1.09. The van der Waals surface area contributed by atoms with Crippen molar-refractivity contribution in [3.8, 4) is 0 Å². The van der Waals surface area contributed by atoms with Gasteiger partial charge in [-0.15, -0.1) is 11.3 Å². The van der Waals surface area contributed by atoms with Gasteiger partial charge in [0.15, 0.2) is 0 Å². The molecule has 1 unspecified atom stereocenters. The van der Waals surface area contributed by atoms with Crippen molar-refractivity contribution in [2.24, 2.45) is 0 Å². The average molecular weight is 412 g/mol. The van der Waals surface area contributed by atoms with Crippen LogP contribution >= 0.6 is 11.3 Å². The molecule has 1 amide bonds. The Bertz CT molecular complexity index is 1000. The summed E-state index contributed by atoms with van der Waals surface area (Å²) in [5.41, 5.74) is 2.02. The van der Waals surface area contributed by atoms with Crippen LogP contribution in [-0.2, 0) is 11.3 Å². The number of hydrogen-bond acceptors (Lipinski definition) is 7. The molecule has 1 atom stereocenters. The Morgan fingerprint density at radius 1 is 1.34 bits per heavy atom. The molecule has 29 heavy (non-hydrogen) atoms. The highest BCUT2D eigenvalue weighted by atomic mass is 32.1. The van der Waals surface area contributed by atoms with E-state index in [1.54, 1.807) is 13.2 Å². The number of aromatic nitrogens is 3. The number of pyridine rings is 1. The molecule has 8 heteroatoms. The van der Waals surface area contributed by atoms with E-state index in [0.717, 1.165) is 40.3 Å². The number of thiophene rings is 1. The van der Waals surface area contributed by atoms with Gasteiger partial charge in [-0.3, -0.25) is 9.69 Å². The largest absolute Gasteiger partial charge is 0.371 e. The minimum absolute atomic E-state index is 0.0959. The first-order chi connectivity index (χ1) is 14.1. The zero-order valence-corrected chi connectivity index (χ0v) is 17.7. The highest BCUT2D eigenvalue weighted by molar-refractivity contribution is 7.20. The van der Waals surface area contributed by atoms with Crippen molar-refractivity contribution in [2.45, 2.75) is 32.4 Å². The van der Waals surface area contributed by atoms with Crippen molar-refractivity contribution in [3.05, 3.63) is 52.6 Å². The Balaban J connectivity index is 1.58. The summed E-state index contributed by atoms with van der Waals surface area (Å²) in [6, 6.07) is 3.92. The molecule has 0 bridgehead atoms. The maximum absolute atomic E-state index is 12.5. The number of nitrogens with zero attached hydrogens (tertiary/aromatic N) is 4. The molecule has 0 spiro atoms. The predicted molar refractivity (Wildman–Crippen MR) is 113 cm³/mol. The summed E-state index contributed by atoms with van der Waals surface area (Å²) < 4.78 is 6.11. The molecule has 3 aromatic rings. The van der Waals surface area contributed by atoms with Gasteiger partial charge in [-0.25, -0.2) is 15.0 Å². The number of carbonyl (C=O) groups excluding carboxylic acids is 1. The fraction of sp³-hybridized carbons (Fsp3) is 0.429. The van der Waals surface area contributed by atoms with Crippen LogP contribution in [0.5, 0.6) is 0 Å². The van der Waals surface area contributed by atoms with Gasteiger partial charge in [0.25, 0.3) is 5.91 Å². The normalized spacial score (nSPS) is 17.7. The van der Waals surface area contributed by atoms with Gasteiger partial charge in [0.2, 0.25) is 0 Å². The van der Waals surface area contributed by atoms with Crippen LogP contribution < -0.4 is 5.32 Å². The molecule has 1 saturated heterocycles. The lowest BCUT2D eigenvalue weighted by Crippen LogP contribution is -2.38. The Kier molecular flexibility index (Phi) is 5.84. The highest BCUT2D eigenvalue weighted by Gasteiger charge is 2.30. The first kappa shape index (κ1) is 19.9. The van der Waals surface area contributed by atoms with Crippen molar-refractivity contribution < 1.29 is 9.53 Å². The Hall–Kier alpha value is -2.42. The third kappa shape index (κ3) is 4.14. The fourth-order valence-corrected chi connectivity index (χ4v) is 4.72. The number of rotatable bonds is 5. The van der Waals surface area contributed by atoms with Gasteiger partial charge in [0, 0.05) is 67.7 Å². The zero-order valence-electron chi connectivity index (χ0n) is 16.9. The number of amides is 1. The van der Waals surface area contributed by atoms with Crippen LogP contribution in [0.4, 0.5) is 0 Å². The molecule has 1 aliphatic rings. The molecule has 1 aliphatic heterocycles. The lowest BCUT2D eigenvalue weighted by atomic mass is 10.0. The number of nitrogens with one attached hydrogen (secondary N) is 1. The third-order valence-corrected chi connectivity index (χ3v) is 6.19. The molecule has 0 saturated carbocycles. The fourth-order valence-electron chi connectivity index (χ4n) is 3.58. The standard InChI is InChI=1S/C21H25N5O2S/c1-13(2)19-24-9-14(10-25-19)11-26-7-8-28-16(12-26)17-15-5-4-6-23-21(15)29-18(17)20(27)22-3/h4-6,9-10,13,16H,7-8,11-12H2,1-3H3,(H,22,27). The summed E-state index contributed by atoms with van der Waals surface area (Å²) in [6.07, 6.45) is 5.40. The molecule has 1 fully saturated rings. The molecule has 4 rings (SSSR count). The van der Waals surface area contributed by atoms with E-state index < -0.39 is 0 Å². The number of morpholine rings is 1. The van der Waals surface area contributed by atoms with Gasteiger partial charge >= 0.3 is 0 Å². The third-order valence-electron chi connectivity index (χ3n) is 5.06. The maximum Gasteiger partial charge on any atom is 0.261 e. The highest BCUT2D eigenvalue weighted by Crippen LogP contribution is 2.37. The van der Waals surface area contributed by atoms with Crippen molar-refractivity contribution in [1.29, 1.82) is 0 Å². The van der Waals surface area contributed by atoms with Gasteiger partial charge in [-0.05, 0) is 6.07 Å². The van der Waals surface area contributed by atoms with Crippen LogP contribution in [0.2, 0.25) is 0 Å². The summed E-state index contributed by atoms with van der Waals surface area (Å²) in [5, 5.41) is 3.74. The molecule has 0 aromatic carbocycles. The summed E-state index contributed by atoms with van der Waals surface area (Å²) in [7, 11) is 1.65. The topological polar surface area (TPSA) is 80.2 Å². The van der Waals surface area contributed by atoms with Crippen molar-refractivity contribution >= 4 is 27.5 Å². The van der Waals surface area contributed by atoms with Gasteiger partial charge in [-0.2, -0.15) is 0 Å². The zero-order chi connectivity index (χ0) is 20.4. The van der Waals surface area contributed by atoms with Crippen LogP contribution in [0.3, 0.4) is 0 Å². The molecule has 0 aliphatic carbocycles. The van der Waals surface area contributed by atoms with E-state index >= 15 is 0 Å². The predicted octanol–water partition coefficient (Wildman–Crippen LogP) is 3.14. The molecule has 3 aromatic heterocycles. The van der Waals surface area contributed by atoms with E-state index in [9.17, 15) is 4.79 Å². The summed E-state index contributed by atoms with van der Waals surface area (Å²) in [6.45, 7) is 7.08. The number of fused-ring (bicyclic) bond motifs is 1. The molecule has 152 valence electrons. The second kappa shape index (κ2) is 8.52. The number of ether oxygens (including phenoxy) is 1. The van der Waals surface area contributed by atoms with E-state index in [0.29, 0.717) is 23.9 Å². The van der Waals surface area contributed by atoms with Crippen LogP contribution in [-0.4, -0.2) is 52.5 Å². The summed E-state index contributed by atoms with van der Waals surface area (Å²) >= 11 is 1.42. The number of carbonyl (C=O) groups is 1. The van der Waals surface area contributed by atoms with E-state index in [1.807, 2.05) is 24.5 Å². The van der Waals surface area contributed by atoms with E-state index in [1.165, 1.54) is 11.3 Å². The Morgan fingerprint density at radius 2 is 2.14 bits per heavy atom. The first-order valence-electron chi connectivity index (χ1n) is 9.81. The van der Waals surface area contributed by atoms with Gasteiger partial charge in [-0.1, -0.05) is 19.9 Å². The molecule has 0 radical (unpaired) electrons. The van der Waals surface area contributed by atoms with Crippen molar-refractivity contribution in [2.75, 3.05) is 26.7 Å². The van der Waals surface area contributed by atoms with E-state index in [-0.39, 0.29) is 12.0 Å². The smallest absolute Gasteiger partial charge is 0.261 e. The van der Waals surface area contributed by atoms with Crippen molar-refractivity contribution in [1.82, 2.24) is 25.2 Å². The SMILES string of the molecule is CNC(=O)c1sc2ncccc2c1C1CN(Cc2cnc(C(C)C)nc2)CCO1. The Labute approximate surface area is 174 Å². The second-order valence-electron chi connectivity index (χ2n) is 7.48. The van der Waals surface area contributed by atoms with Gasteiger partial charge in [0.1, 0.15) is 15.5 Å². The Morgan fingerprint density at radius 3 is 2.86 bits per heavy atom. The van der Waals surface area contributed by atoms with Crippen LogP contribution in [0.25, 0.3) is 10.2 Å². The van der Waals surface area contributed by atoms with Crippen molar-refractivity contribution in [3.63, 3.8) is 0 Å². The maximum atomic E-state index is 12.5. The molecular weight excluding hydrogens is 386 g/mol. The van der Waals surface area contributed by atoms with Crippen LogP contribution in [0.1, 0.15) is 52.5 Å². The molecular formula is C21H25N5O2S. The molecule has 7 nitrogen and oxygen atoms in total. The lowest BCUT2D eigenvalue weighted by Gasteiger charge is -2.33. The van der Waals surface area contributed by atoms with Gasteiger partial charge in [0.05, 0.1) is 12.7 Å². The second-order valence-corrected chi connectivity index (χ2v) is 8.48. The average Bonchev–Trinajstić information content (AvgIpc) is 3.13. The minimum atomic E-state index is -0.176. The monoisotopic (exact) mass is 411 g/mol. The first-order valence-corrected chi connectivity index (χ1v) is 10.6.